The van der Waals surface area contributed by atoms with Crippen molar-refractivity contribution in [2.24, 2.45) is 0 Å². The molecule has 7 rings (SSSR count). The van der Waals surface area contributed by atoms with Crippen LogP contribution in [0.1, 0.15) is 21.6 Å². The fourth-order valence-electron chi connectivity index (χ4n) is 4.65. The van der Waals surface area contributed by atoms with Gasteiger partial charge in [-0.15, -0.1) is 0 Å². The number of imidazole rings is 1. The van der Waals surface area contributed by atoms with Crippen molar-refractivity contribution in [1.82, 2.24) is 29.8 Å². The van der Waals surface area contributed by atoms with Gasteiger partial charge in [-0.2, -0.15) is 15.5 Å². The van der Waals surface area contributed by atoms with Crippen molar-refractivity contribution in [3.63, 3.8) is 0 Å². The maximum absolute atomic E-state index is 13.6. The summed E-state index contributed by atoms with van der Waals surface area (Å²) in [6.45, 7) is 0. The molecule has 0 atom stereocenters. The third-order valence-electron chi connectivity index (χ3n) is 6.38. The number of rotatable bonds is 5. The Balaban J connectivity index is 1.26. The van der Waals surface area contributed by atoms with Crippen molar-refractivity contribution in [2.75, 3.05) is 0 Å². The molecule has 9 nitrogen and oxygen atoms in total. The van der Waals surface area contributed by atoms with E-state index >= 15 is 0 Å². The quantitative estimate of drug-likeness (QED) is 0.275. The van der Waals surface area contributed by atoms with Crippen molar-refractivity contribution in [3.05, 3.63) is 102 Å². The van der Waals surface area contributed by atoms with E-state index in [2.05, 4.69) is 31.3 Å². The predicted molar refractivity (Wildman–Crippen MR) is 138 cm³/mol. The second-order valence-electron chi connectivity index (χ2n) is 8.63. The Bertz CT molecular complexity index is 2000. The Labute approximate surface area is 208 Å². The monoisotopic (exact) mass is 483 g/mol. The maximum Gasteiger partial charge on any atom is 0.214 e. The summed E-state index contributed by atoms with van der Waals surface area (Å²) in [6.07, 6.45) is 5.16. The molecule has 176 valence electrons. The zero-order valence-corrected chi connectivity index (χ0v) is 19.2. The molecule has 0 aliphatic heterocycles. The number of carbonyl (C=O) groups excluding carboxylic acids is 1. The summed E-state index contributed by atoms with van der Waals surface area (Å²) in [5.41, 5.74) is 6.43. The average molecular weight is 483 g/mol. The minimum absolute atomic E-state index is 0.166. The highest BCUT2D eigenvalue weighted by molar-refractivity contribution is 6.14. The number of aromatic nitrogens is 6. The van der Waals surface area contributed by atoms with Crippen LogP contribution in [0.25, 0.3) is 38.7 Å². The number of nitriles is 1. The first-order valence-electron chi connectivity index (χ1n) is 11.5. The Kier molecular flexibility index (Phi) is 4.46. The molecule has 9 heteroatoms. The summed E-state index contributed by atoms with van der Waals surface area (Å²) in [6, 6.07) is 22.4. The molecular formula is C28H17N7O2. The molecule has 3 N–H and O–H groups in total. The highest BCUT2D eigenvalue weighted by Crippen LogP contribution is 2.31. The second kappa shape index (κ2) is 7.96. The fourth-order valence-corrected chi connectivity index (χ4v) is 4.65. The molecule has 4 aromatic heterocycles. The molecule has 0 radical (unpaired) electrons. The Morgan fingerprint density at radius 3 is 2.70 bits per heavy atom. The lowest BCUT2D eigenvalue weighted by Crippen LogP contribution is -2.01. The van der Waals surface area contributed by atoms with Crippen LogP contribution in [-0.2, 0) is 0 Å². The van der Waals surface area contributed by atoms with Crippen molar-refractivity contribution in [3.8, 4) is 28.7 Å². The molecule has 0 spiro atoms. The number of ketones is 1. The van der Waals surface area contributed by atoms with Crippen LogP contribution in [0.5, 0.6) is 11.5 Å². The van der Waals surface area contributed by atoms with E-state index < -0.39 is 0 Å². The van der Waals surface area contributed by atoms with Gasteiger partial charge in [-0.3, -0.25) is 9.89 Å². The largest absolute Gasteiger partial charge is 0.457 e. The first-order chi connectivity index (χ1) is 18.2. The normalized spacial score (nSPS) is 11.3. The number of hydrogen-bond acceptors (Lipinski definition) is 5. The van der Waals surface area contributed by atoms with Gasteiger partial charge in [0.15, 0.2) is 0 Å². The summed E-state index contributed by atoms with van der Waals surface area (Å²) >= 11 is 0. The van der Waals surface area contributed by atoms with Gasteiger partial charge >= 0.3 is 0 Å². The molecule has 0 aliphatic carbocycles. The first-order valence-corrected chi connectivity index (χ1v) is 11.5. The number of hydrogen-bond donors (Lipinski definition) is 3. The molecule has 0 unspecified atom stereocenters. The van der Waals surface area contributed by atoms with Gasteiger partial charge in [-0.05, 0) is 48.0 Å². The van der Waals surface area contributed by atoms with Gasteiger partial charge in [0.1, 0.15) is 17.1 Å². The van der Waals surface area contributed by atoms with Crippen molar-refractivity contribution in [1.29, 1.82) is 5.26 Å². The zero-order chi connectivity index (χ0) is 24.9. The number of aromatic amines is 3. The molecule has 0 saturated heterocycles. The third-order valence-corrected chi connectivity index (χ3v) is 6.38. The van der Waals surface area contributed by atoms with E-state index in [0.717, 1.165) is 33.1 Å². The number of benzene rings is 3. The molecular weight excluding hydrogens is 466 g/mol. The zero-order valence-electron chi connectivity index (χ0n) is 19.2. The van der Waals surface area contributed by atoms with E-state index in [1.165, 1.54) is 0 Å². The van der Waals surface area contributed by atoms with Crippen molar-refractivity contribution < 1.29 is 9.53 Å². The van der Waals surface area contributed by atoms with E-state index in [1.54, 1.807) is 41.2 Å². The minimum atomic E-state index is -0.166. The van der Waals surface area contributed by atoms with Gasteiger partial charge in [0.25, 0.3) is 0 Å². The van der Waals surface area contributed by atoms with Gasteiger partial charge in [0.05, 0.1) is 46.3 Å². The van der Waals surface area contributed by atoms with Crippen LogP contribution in [0.2, 0.25) is 0 Å². The molecule has 0 amide bonds. The van der Waals surface area contributed by atoms with Crippen molar-refractivity contribution in [2.45, 2.75) is 0 Å². The topological polar surface area (TPSA) is 128 Å². The van der Waals surface area contributed by atoms with E-state index in [4.69, 9.17) is 10.00 Å². The van der Waals surface area contributed by atoms with Gasteiger partial charge < -0.3 is 14.7 Å². The summed E-state index contributed by atoms with van der Waals surface area (Å²) < 4.78 is 7.66. The SMILES string of the molecule is N#Cc1cccc(Oc2ccc3c(c2)[nH]c2c(C(=O)c4cc5c(-c6cn[nH]c6)cccc5[nH]4)cnn23)c1. The molecule has 0 fully saturated rings. The van der Waals surface area contributed by atoms with Crippen LogP contribution in [0, 0.1) is 11.3 Å². The third kappa shape index (κ3) is 3.36. The lowest BCUT2D eigenvalue weighted by atomic mass is 10.0. The van der Waals surface area contributed by atoms with E-state index in [1.807, 2.05) is 48.7 Å². The number of ether oxygens (including phenoxy) is 1. The van der Waals surface area contributed by atoms with Gasteiger partial charge in [0.2, 0.25) is 5.78 Å². The predicted octanol–water partition coefficient (Wildman–Crippen LogP) is 5.58. The lowest BCUT2D eigenvalue weighted by Gasteiger charge is -2.05. The van der Waals surface area contributed by atoms with E-state index in [0.29, 0.717) is 34.0 Å². The lowest BCUT2D eigenvalue weighted by molar-refractivity contribution is 0.103. The van der Waals surface area contributed by atoms with Crippen molar-refractivity contribution >= 4 is 33.4 Å². The van der Waals surface area contributed by atoms with E-state index in [9.17, 15) is 4.79 Å². The average Bonchev–Trinajstić information content (AvgIpc) is 3.71. The number of H-pyrrole nitrogens is 3. The molecule has 0 saturated carbocycles. The number of nitrogens with zero attached hydrogens (tertiary/aromatic N) is 4. The summed E-state index contributed by atoms with van der Waals surface area (Å²) in [5.74, 6) is 1.00. The van der Waals surface area contributed by atoms with Gasteiger partial charge in [0, 0.05) is 28.7 Å². The van der Waals surface area contributed by atoms with Crippen LogP contribution in [-0.4, -0.2) is 35.6 Å². The standard InChI is InChI=1S/C28H17N7O2/c29-12-16-3-1-4-18(9-16)37-19-7-8-26-24(10-19)34-28-22(15-32-35(26)28)27(36)25-11-21-20(17-13-30-31-14-17)5-2-6-23(21)33-25/h1-11,13-15,33-34H,(H,30,31). The highest BCUT2D eigenvalue weighted by Gasteiger charge is 2.21. The fraction of sp³-hybridized carbons (Fsp3) is 0. The Hall–Kier alpha value is -5.62. The molecule has 3 aromatic carbocycles. The van der Waals surface area contributed by atoms with Crippen LogP contribution in [0.3, 0.4) is 0 Å². The molecule has 37 heavy (non-hydrogen) atoms. The first kappa shape index (κ1) is 20.7. The van der Waals surface area contributed by atoms with Crippen LogP contribution >= 0.6 is 0 Å². The molecule has 0 aliphatic rings. The summed E-state index contributed by atoms with van der Waals surface area (Å²) in [7, 11) is 0. The molecule has 4 heterocycles. The smallest absolute Gasteiger partial charge is 0.214 e. The molecule has 0 bridgehead atoms. The van der Waals surface area contributed by atoms with Gasteiger partial charge in [-0.25, -0.2) is 4.52 Å². The van der Waals surface area contributed by atoms with Crippen LogP contribution < -0.4 is 4.74 Å². The summed E-state index contributed by atoms with van der Waals surface area (Å²) in [4.78, 5) is 20.1. The summed E-state index contributed by atoms with van der Waals surface area (Å²) in [5, 5.41) is 21.4. The minimum Gasteiger partial charge on any atom is -0.457 e. The Morgan fingerprint density at radius 2 is 1.84 bits per heavy atom. The second-order valence-corrected chi connectivity index (χ2v) is 8.63. The van der Waals surface area contributed by atoms with Gasteiger partial charge in [-0.1, -0.05) is 18.2 Å². The molecule has 7 aromatic rings. The number of nitrogens with one attached hydrogen (secondary N) is 3. The maximum atomic E-state index is 13.6. The number of fused-ring (bicyclic) bond motifs is 4. The Morgan fingerprint density at radius 1 is 0.946 bits per heavy atom. The highest BCUT2D eigenvalue weighted by atomic mass is 16.5. The van der Waals surface area contributed by atoms with Crippen LogP contribution in [0.4, 0.5) is 0 Å². The number of carbonyl (C=O) groups is 1. The van der Waals surface area contributed by atoms with E-state index in [-0.39, 0.29) is 5.78 Å². The van der Waals surface area contributed by atoms with Crippen LogP contribution in [0.15, 0.2) is 85.3 Å².